The number of amides is 2. The molecule has 2 aromatic heterocycles. The van der Waals surface area contributed by atoms with Gasteiger partial charge in [0.05, 0.1) is 18.2 Å². The smallest absolute Gasteiger partial charge is 0.297 e. The van der Waals surface area contributed by atoms with Crippen LogP contribution < -0.4 is 0 Å². The summed E-state index contributed by atoms with van der Waals surface area (Å²) in [6.45, 7) is 0.976. The standard InChI is InChI=1S/C20H18N4O5/c25-17(22-23-18(26)13-3-1-7-21-10-13)12-5-6-15-16(9-12)20(28)24(19(15)27)11-14-4-2-8-29-14/h1,3,5-7,9-10,14,27-28H,2,4,8,11H2/t14-/m1/s1. The van der Waals surface area contributed by atoms with E-state index in [1.165, 1.54) is 41.2 Å². The number of aromatic hydroxyl groups is 2. The van der Waals surface area contributed by atoms with E-state index in [1.54, 1.807) is 6.07 Å². The lowest BCUT2D eigenvalue weighted by molar-refractivity contribution is 0.0930. The number of benzene rings is 1. The van der Waals surface area contributed by atoms with E-state index in [4.69, 9.17) is 4.74 Å². The van der Waals surface area contributed by atoms with Crippen LogP contribution in [0.2, 0.25) is 0 Å². The maximum absolute atomic E-state index is 12.3. The monoisotopic (exact) mass is 394 g/mol. The van der Waals surface area contributed by atoms with Gasteiger partial charge in [-0.1, -0.05) is 0 Å². The summed E-state index contributed by atoms with van der Waals surface area (Å²) in [7, 11) is 0. The highest BCUT2D eigenvalue weighted by molar-refractivity contribution is 6.03. The van der Waals surface area contributed by atoms with Crippen LogP contribution in [0.3, 0.4) is 0 Å². The van der Waals surface area contributed by atoms with Crippen LogP contribution in [-0.2, 0) is 11.3 Å². The van der Waals surface area contributed by atoms with Crippen molar-refractivity contribution in [1.29, 1.82) is 0 Å². The van der Waals surface area contributed by atoms with E-state index in [0.717, 1.165) is 12.8 Å². The number of hydrogen-bond acceptors (Lipinski definition) is 6. The normalized spacial score (nSPS) is 16.6. The second kappa shape index (κ2) is 7.80. The van der Waals surface area contributed by atoms with E-state index < -0.39 is 11.8 Å². The molecular weight excluding hydrogens is 376 g/mol. The van der Waals surface area contributed by atoms with Crippen LogP contribution in [0.15, 0.2) is 53.0 Å². The van der Waals surface area contributed by atoms with Gasteiger partial charge in [0.1, 0.15) is 0 Å². The fourth-order valence-corrected chi connectivity index (χ4v) is 3.31. The number of fused-ring (bicyclic) bond motifs is 1. The molecule has 0 spiro atoms. The van der Waals surface area contributed by atoms with E-state index in [-0.39, 0.29) is 29.0 Å². The van der Waals surface area contributed by atoms with Gasteiger partial charge in [-0.05, 0) is 43.2 Å². The van der Waals surface area contributed by atoms with E-state index in [2.05, 4.69) is 15.2 Å². The van der Waals surface area contributed by atoms with Gasteiger partial charge < -0.3 is 14.9 Å². The third-order valence-corrected chi connectivity index (χ3v) is 4.81. The summed E-state index contributed by atoms with van der Waals surface area (Å²) in [5, 5.41) is 28.6. The second-order valence-corrected chi connectivity index (χ2v) is 6.71. The lowest BCUT2D eigenvalue weighted by atomic mass is 10.1. The van der Waals surface area contributed by atoms with Crippen molar-refractivity contribution in [1.82, 2.24) is 9.55 Å². The van der Waals surface area contributed by atoms with Crippen LogP contribution in [0, 0.1) is 0 Å². The number of ether oxygens (including phenoxy) is 1. The van der Waals surface area contributed by atoms with Gasteiger partial charge in [0.15, 0.2) is 0 Å². The highest BCUT2D eigenvalue weighted by Crippen LogP contribution is 2.37. The Morgan fingerprint density at radius 1 is 1.10 bits per heavy atom. The summed E-state index contributed by atoms with van der Waals surface area (Å²) < 4.78 is 6.92. The molecule has 2 N–H and O–H groups in total. The Kier molecular flexibility index (Phi) is 5.05. The molecule has 3 heterocycles. The number of nitrogens with zero attached hydrogens (tertiary/aromatic N) is 4. The van der Waals surface area contributed by atoms with Crippen LogP contribution in [-0.4, -0.2) is 44.3 Å². The molecule has 1 aromatic carbocycles. The van der Waals surface area contributed by atoms with Crippen LogP contribution in [0.25, 0.3) is 10.8 Å². The minimum Gasteiger partial charge on any atom is -0.494 e. The topological polar surface area (TPSA) is 126 Å². The molecule has 1 saturated heterocycles. The highest BCUT2D eigenvalue weighted by atomic mass is 16.5. The molecule has 2 amide bonds. The summed E-state index contributed by atoms with van der Waals surface area (Å²) in [5.74, 6) is -1.68. The van der Waals surface area contributed by atoms with Gasteiger partial charge in [0, 0.05) is 35.3 Å². The summed E-state index contributed by atoms with van der Waals surface area (Å²) >= 11 is 0. The first-order valence-electron chi connectivity index (χ1n) is 9.11. The van der Waals surface area contributed by atoms with Crippen molar-refractivity contribution in [3.63, 3.8) is 0 Å². The van der Waals surface area contributed by atoms with Gasteiger partial charge in [-0.3, -0.25) is 19.1 Å². The molecule has 148 valence electrons. The lowest BCUT2D eigenvalue weighted by Gasteiger charge is -2.12. The average molecular weight is 394 g/mol. The molecule has 29 heavy (non-hydrogen) atoms. The largest absolute Gasteiger partial charge is 0.494 e. The summed E-state index contributed by atoms with van der Waals surface area (Å²) in [4.78, 5) is 28.0. The first-order chi connectivity index (χ1) is 14.0. The molecule has 4 rings (SSSR count). The predicted molar refractivity (Wildman–Crippen MR) is 102 cm³/mol. The maximum atomic E-state index is 12.3. The molecule has 0 aliphatic carbocycles. The number of rotatable bonds is 4. The molecule has 1 fully saturated rings. The van der Waals surface area contributed by atoms with Crippen molar-refractivity contribution in [3.8, 4) is 11.8 Å². The molecule has 1 aliphatic rings. The van der Waals surface area contributed by atoms with Crippen molar-refractivity contribution in [2.24, 2.45) is 10.2 Å². The third kappa shape index (κ3) is 3.72. The fourth-order valence-electron chi connectivity index (χ4n) is 3.31. The zero-order valence-corrected chi connectivity index (χ0v) is 15.4. The van der Waals surface area contributed by atoms with Gasteiger partial charge in [0.2, 0.25) is 11.8 Å². The molecule has 1 atom stereocenters. The summed E-state index contributed by atoms with van der Waals surface area (Å²) in [5.41, 5.74) is 0.345. The quantitative estimate of drug-likeness (QED) is 0.655. The van der Waals surface area contributed by atoms with Crippen LogP contribution in [0.5, 0.6) is 11.8 Å². The number of azo groups is 1. The molecule has 0 bridgehead atoms. The molecule has 0 unspecified atom stereocenters. The fraction of sp³-hybridized carbons (Fsp3) is 0.250. The Morgan fingerprint density at radius 3 is 2.55 bits per heavy atom. The zero-order chi connectivity index (χ0) is 20.4. The van der Waals surface area contributed by atoms with Crippen molar-refractivity contribution in [2.45, 2.75) is 25.5 Å². The lowest BCUT2D eigenvalue weighted by Crippen LogP contribution is -2.14. The van der Waals surface area contributed by atoms with Crippen LogP contribution in [0.1, 0.15) is 33.6 Å². The third-order valence-electron chi connectivity index (χ3n) is 4.81. The molecule has 0 radical (unpaired) electrons. The van der Waals surface area contributed by atoms with Crippen LogP contribution >= 0.6 is 0 Å². The Bertz CT molecular complexity index is 1100. The minimum absolute atomic E-state index is 0.0815. The molecule has 9 nitrogen and oxygen atoms in total. The van der Waals surface area contributed by atoms with Gasteiger partial charge >= 0.3 is 0 Å². The molecule has 1 aliphatic heterocycles. The summed E-state index contributed by atoms with van der Waals surface area (Å²) in [6, 6.07) is 7.47. The maximum Gasteiger partial charge on any atom is 0.297 e. The molecule has 9 heteroatoms. The Balaban J connectivity index is 1.58. The number of aromatic nitrogens is 2. The summed E-state index contributed by atoms with van der Waals surface area (Å²) in [6.07, 6.45) is 4.55. The number of carbonyl (C=O) groups excluding carboxylic acids is 2. The van der Waals surface area contributed by atoms with E-state index in [1.807, 2.05) is 0 Å². The number of carbonyl (C=O) groups is 2. The molecular formula is C20H18N4O5. The van der Waals surface area contributed by atoms with Crippen molar-refractivity contribution in [2.75, 3.05) is 6.61 Å². The van der Waals surface area contributed by atoms with Gasteiger partial charge in [0.25, 0.3) is 11.8 Å². The van der Waals surface area contributed by atoms with Gasteiger partial charge in [-0.25, -0.2) is 0 Å². The van der Waals surface area contributed by atoms with Crippen LogP contribution in [0.4, 0.5) is 0 Å². The average Bonchev–Trinajstić information content (AvgIpc) is 3.35. The van der Waals surface area contributed by atoms with E-state index in [0.29, 0.717) is 23.9 Å². The Morgan fingerprint density at radius 2 is 1.86 bits per heavy atom. The molecule has 0 saturated carbocycles. The van der Waals surface area contributed by atoms with Crippen molar-refractivity contribution >= 4 is 22.6 Å². The van der Waals surface area contributed by atoms with Crippen molar-refractivity contribution < 1.29 is 24.5 Å². The highest BCUT2D eigenvalue weighted by Gasteiger charge is 2.23. The van der Waals surface area contributed by atoms with E-state index >= 15 is 0 Å². The zero-order valence-electron chi connectivity index (χ0n) is 15.4. The first-order valence-corrected chi connectivity index (χ1v) is 9.11. The molecule has 3 aromatic rings. The SMILES string of the molecule is O=C(N=NC(=O)c1ccc2c(O)n(C[C@H]3CCCO3)c(O)c2c1)c1cccnc1. The Labute approximate surface area is 165 Å². The minimum atomic E-state index is -0.741. The number of pyridine rings is 1. The second-order valence-electron chi connectivity index (χ2n) is 6.71. The Hall–Kier alpha value is -3.59. The van der Waals surface area contributed by atoms with Gasteiger partial charge in [-0.2, -0.15) is 0 Å². The number of hydrogen-bond donors (Lipinski definition) is 2. The van der Waals surface area contributed by atoms with Crippen molar-refractivity contribution in [3.05, 3.63) is 53.9 Å². The predicted octanol–water partition coefficient (Wildman–Crippen LogP) is 3.06. The van der Waals surface area contributed by atoms with Gasteiger partial charge in [-0.15, -0.1) is 10.2 Å². The first kappa shape index (κ1) is 18.8. The van der Waals surface area contributed by atoms with E-state index in [9.17, 15) is 19.8 Å².